The monoisotopic (exact) mass is 445 g/mol. The molecule has 1 heterocycles. The van der Waals surface area contributed by atoms with Crippen molar-refractivity contribution in [3.05, 3.63) is 89.9 Å². The predicted molar refractivity (Wildman–Crippen MR) is 123 cm³/mol. The molecule has 33 heavy (non-hydrogen) atoms. The van der Waals surface area contributed by atoms with E-state index in [2.05, 4.69) is 10.6 Å². The molecule has 0 fully saturated rings. The molecule has 3 aromatic rings. The molecule has 0 saturated carbocycles. The highest BCUT2D eigenvalue weighted by atomic mass is 19.1. The number of hydrogen-bond donors (Lipinski definition) is 2. The highest BCUT2D eigenvalue weighted by Gasteiger charge is 2.41. The number of halogens is 1. The highest BCUT2D eigenvalue weighted by Crippen LogP contribution is 2.37. The standard InChI is InChI=1S/C25H20FN3O4/c1-15(30)27-17-10-12-18(13-11-17)28-23-22(20-8-3-4-9-21(20)33-2)24(31)29(25(23)32)19-7-5-6-16(26)14-19/h3-14,28H,1-2H3,(H,27,30). The van der Waals surface area contributed by atoms with E-state index in [0.29, 0.717) is 22.7 Å². The largest absolute Gasteiger partial charge is 0.496 e. The van der Waals surface area contributed by atoms with Crippen LogP contribution >= 0.6 is 0 Å². The number of ether oxygens (including phenoxy) is 1. The molecular weight excluding hydrogens is 425 g/mol. The summed E-state index contributed by atoms with van der Waals surface area (Å²) < 4.78 is 19.3. The number of nitrogens with one attached hydrogen (secondary N) is 2. The first-order valence-corrected chi connectivity index (χ1v) is 10.1. The summed E-state index contributed by atoms with van der Waals surface area (Å²) in [4.78, 5) is 39.0. The second-order valence-corrected chi connectivity index (χ2v) is 7.26. The van der Waals surface area contributed by atoms with Crippen molar-refractivity contribution in [2.24, 2.45) is 0 Å². The van der Waals surface area contributed by atoms with Gasteiger partial charge in [-0.15, -0.1) is 0 Å². The number of rotatable bonds is 6. The van der Waals surface area contributed by atoms with E-state index in [1.807, 2.05) is 0 Å². The van der Waals surface area contributed by atoms with Crippen LogP contribution in [0.3, 0.4) is 0 Å². The molecule has 1 aliphatic rings. The first-order valence-electron chi connectivity index (χ1n) is 10.1. The van der Waals surface area contributed by atoms with Gasteiger partial charge in [-0.05, 0) is 48.5 Å². The lowest BCUT2D eigenvalue weighted by molar-refractivity contribution is -0.120. The summed E-state index contributed by atoms with van der Waals surface area (Å²) >= 11 is 0. The molecule has 4 rings (SSSR count). The summed E-state index contributed by atoms with van der Waals surface area (Å²) in [6.07, 6.45) is 0. The summed E-state index contributed by atoms with van der Waals surface area (Å²) in [5.74, 6) is -1.60. The highest BCUT2D eigenvalue weighted by molar-refractivity contribution is 6.46. The van der Waals surface area contributed by atoms with Crippen molar-refractivity contribution in [3.8, 4) is 5.75 Å². The summed E-state index contributed by atoms with van der Waals surface area (Å²) in [5, 5.41) is 5.69. The van der Waals surface area contributed by atoms with Gasteiger partial charge in [-0.1, -0.05) is 24.3 Å². The van der Waals surface area contributed by atoms with Gasteiger partial charge in [-0.2, -0.15) is 0 Å². The SMILES string of the molecule is COc1ccccc1C1=C(Nc2ccc(NC(C)=O)cc2)C(=O)N(c2cccc(F)c2)C1=O. The zero-order valence-corrected chi connectivity index (χ0v) is 17.9. The van der Waals surface area contributed by atoms with Gasteiger partial charge in [0, 0.05) is 23.9 Å². The summed E-state index contributed by atoms with van der Waals surface area (Å²) in [6, 6.07) is 18.8. The zero-order chi connectivity index (χ0) is 23.5. The van der Waals surface area contributed by atoms with Gasteiger partial charge in [0.15, 0.2) is 0 Å². The number of carbonyl (C=O) groups excluding carboxylic acids is 3. The molecule has 0 unspecified atom stereocenters. The quantitative estimate of drug-likeness (QED) is 0.556. The molecule has 0 bridgehead atoms. The number of methoxy groups -OCH3 is 1. The van der Waals surface area contributed by atoms with Gasteiger partial charge in [0.05, 0.1) is 18.4 Å². The normalized spacial score (nSPS) is 13.4. The topological polar surface area (TPSA) is 87.7 Å². The summed E-state index contributed by atoms with van der Waals surface area (Å²) in [6.45, 7) is 1.40. The van der Waals surface area contributed by atoms with E-state index >= 15 is 0 Å². The minimum atomic E-state index is -0.627. The van der Waals surface area contributed by atoms with E-state index in [4.69, 9.17) is 4.74 Å². The van der Waals surface area contributed by atoms with Gasteiger partial charge >= 0.3 is 0 Å². The van der Waals surface area contributed by atoms with Crippen LogP contribution < -0.4 is 20.3 Å². The van der Waals surface area contributed by atoms with Crippen molar-refractivity contribution in [3.63, 3.8) is 0 Å². The minimum Gasteiger partial charge on any atom is -0.496 e. The van der Waals surface area contributed by atoms with Crippen molar-refractivity contribution in [1.82, 2.24) is 0 Å². The van der Waals surface area contributed by atoms with E-state index in [-0.39, 0.29) is 22.9 Å². The Kier molecular flexibility index (Phi) is 5.91. The molecule has 1 aliphatic heterocycles. The average molecular weight is 445 g/mol. The lowest BCUT2D eigenvalue weighted by atomic mass is 10.0. The Hall–Kier alpha value is -4.46. The Morgan fingerprint density at radius 1 is 0.909 bits per heavy atom. The van der Waals surface area contributed by atoms with Crippen LogP contribution in [-0.4, -0.2) is 24.8 Å². The maximum Gasteiger partial charge on any atom is 0.282 e. The molecule has 0 saturated heterocycles. The zero-order valence-electron chi connectivity index (χ0n) is 17.9. The third-order valence-electron chi connectivity index (χ3n) is 5.00. The van der Waals surface area contributed by atoms with Crippen LogP contribution in [0.25, 0.3) is 5.57 Å². The van der Waals surface area contributed by atoms with Crippen LogP contribution in [-0.2, 0) is 14.4 Å². The summed E-state index contributed by atoms with van der Waals surface area (Å²) in [5.41, 5.74) is 1.79. The number of imide groups is 1. The first kappa shape index (κ1) is 21.8. The molecule has 7 nitrogen and oxygen atoms in total. The Morgan fingerprint density at radius 3 is 2.27 bits per heavy atom. The number of hydrogen-bond acceptors (Lipinski definition) is 5. The number of anilines is 3. The van der Waals surface area contributed by atoms with Crippen molar-refractivity contribution >= 4 is 40.4 Å². The van der Waals surface area contributed by atoms with Gasteiger partial charge in [-0.3, -0.25) is 14.4 Å². The van der Waals surface area contributed by atoms with E-state index in [9.17, 15) is 18.8 Å². The number of carbonyl (C=O) groups is 3. The molecule has 0 spiro atoms. The maximum atomic E-state index is 13.9. The van der Waals surface area contributed by atoms with Crippen LogP contribution in [0.1, 0.15) is 12.5 Å². The van der Waals surface area contributed by atoms with E-state index in [1.54, 1.807) is 48.5 Å². The second-order valence-electron chi connectivity index (χ2n) is 7.26. The van der Waals surface area contributed by atoms with Crippen LogP contribution in [0, 0.1) is 5.82 Å². The Balaban J connectivity index is 1.79. The molecule has 0 atom stereocenters. The Labute approximate surface area is 189 Å². The van der Waals surface area contributed by atoms with Crippen molar-refractivity contribution in [2.75, 3.05) is 22.6 Å². The first-order chi connectivity index (χ1) is 15.9. The number of nitrogens with zero attached hydrogens (tertiary/aromatic N) is 1. The van der Waals surface area contributed by atoms with Gasteiger partial charge in [0.25, 0.3) is 11.8 Å². The number of amides is 3. The molecule has 0 radical (unpaired) electrons. The Morgan fingerprint density at radius 2 is 1.61 bits per heavy atom. The molecule has 3 aromatic carbocycles. The second kappa shape index (κ2) is 8.96. The lowest BCUT2D eigenvalue weighted by Crippen LogP contribution is -2.32. The van der Waals surface area contributed by atoms with Gasteiger partial charge in [-0.25, -0.2) is 9.29 Å². The van der Waals surface area contributed by atoms with Gasteiger partial charge in [0.2, 0.25) is 5.91 Å². The molecule has 8 heteroatoms. The van der Waals surface area contributed by atoms with Crippen molar-refractivity contribution in [2.45, 2.75) is 6.92 Å². The smallest absolute Gasteiger partial charge is 0.282 e. The van der Waals surface area contributed by atoms with Crippen molar-refractivity contribution in [1.29, 1.82) is 0 Å². The average Bonchev–Trinajstić information content (AvgIpc) is 3.03. The molecule has 0 aromatic heterocycles. The van der Waals surface area contributed by atoms with Crippen LogP contribution in [0.5, 0.6) is 5.75 Å². The fourth-order valence-electron chi connectivity index (χ4n) is 3.58. The maximum absolute atomic E-state index is 13.9. The summed E-state index contributed by atoms with van der Waals surface area (Å²) in [7, 11) is 1.47. The van der Waals surface area contributed by atoms with Gasteiger partial charge < -0.3 is 15.4 Å². The van der Waals surface area contributed by atoms with E-state index in [0.717, 1.165) is 11.0 Å². The molecular formula is C25H20FN3O4. The molecule has 2 N–H and O–H groups in total. The number of para-hydroxylation sites is 1. The van der Waals surface area contributed by atoms with Crippen LogP contribution in [0.4, 0.5) is 21.5 Å². The fourth-order valence-corrected chi connectivity index (χ4v) is 3.58. The van der Waals surface area contributed by atoms with Crippen molar-refractivity contribution < 1.29 is 23.5 Å². The lowest BCUT2D eigenvalue weighted by Gasteiger charge is -2.15. The molecule has 166 valence electrons. The third-order valence-corrected chi connectivity index (χ3v) is 5.00. The Bertz CT molecular complexity index is 1280. The van der Waals surface area contributed by atoms with Crippen LogP contribution in [0.2, 0.25) is 0 Å². The fraction of sp³-hybridized carbons (Fsp3) is 0.0800. The van der Waals surface area contributed by atoms with E-state index < -0.39 is 17.6 Å². The predicted octanol–water partition coefficient (Wildman–Crippen LogP) is 4.19. The number of benzene rings is 3. The minimum absolute atomic E-state index is 0.0287. The third kappa shape index (κ3) is 4.31. The molecule has 0 aliphatic carbocycles. The molecule has 3 amide bonds. The van der Waals surface area contributed by atoms with Gasteiger partial charge in [0.1, 0.15) is 17.3 Å². The van der Waals surface area contributed by atoms with Crippen LogP contribution in [0.15, 0.2) is 78.5 Å². The van der Waals surface area contributed by atoms with E-state index in [1.165, 1.54) is 32.2 Å².